The van der Waals surface area contributed by atoms with Crippen LogP contribution in [0.3, 0.4) is 0 Å². The minimum atomic E-state index is 0.0954. The van der Waals surface area contributed by atoms with Gasteiger partial charge in [0.1, 0.15) is 0 Å². The predicted octanol–water partition coefficient (Wildman–Crippen LogP) is 0.949. The maximum atomic E-state index is 10.1. The van der Waals surface area contributed by atoms with E-state index in [4.69, 9.17) is 0 Å². The Kier molecular flexibility index (Phi) is 3.01. The highest BCUT2D eigenvalue weighted by atomic mass is 16.2. The second-order valence-electron chi connectivity index (χ2n) is 2.64. The van der Waals surface area contributed by atoms with Gasteiger partial charge in [-0.15, -0.1) is 0 Å². The van der Waals surface area contributed by atoms with Crippen molar-refractivity contribution in [2.24, 2.45) is 0 Å². The van der Waals surface area contributed by atoms with Crippen LogP contribution in [-0.2, 0) is 5.11 Å². The molecule has 1 saturated heterocycles. The fraction of sp³-hybridized carbons (Fsp3) is 1.00. The SMILES string of the molecule is [O]CCCC1CCCN1. The van der Waals surface area contributed by atoms with Crippen LogP contribution < -0.4 is 5.32 Å². The van der Waals surface area contributed by atoms with Gasteiger partial charge in [0, 0.05) is 6.04 Å². The van der Waals surface area contributed by atoms with Crippen LogP contribution in [0.4, 0.5) is 0 Å². The highest BCUT2D eigenvalue weighted by molar-refractivity contribution is 4.73. The van der Waals surface area contributed by atoms with E-state index in [0.717, 1.165) is 19.4 Å². The Morgan fingerprint density at radius 2 is 2.44 bits per heavy atom. The van der Waals surface area contributed by atoms with Crippen LogP contribution in [0, 0.1) is 0 Å². The second-order valence-corrected chi connectivity index (χ2v) is 2.64. The van der Waals surface area contributed by atoms with Crippen molar-refractivity contribution in [3.05, 3.63) is 0 Å². The highest BCUT2D eigenvalue weighted by Gasteiger charge is 2.12. The Morgan fingerprint density at radius 3 is 3.00 bits per heavy atom. The molecule has 0 amide bonds. The lowest BCUT2D eigenvalue weighted by molar-refractivity contribution is 0.183. The monoisotopic (exact) mass is 128 g/mol. The van der Waals surface area contributed by atoms with Gasteiger partial charge in [-0.1, -0.05) is 0 Å². The molecule has 1 fully saturated rings. The molecule has 0 aromatic carbocycles. The van der Waals surface area contributed by atoms with Gasteiger partial charge in [0.2, 0.25) is 0 Å². The molecule has 0 aliphatic carbocycles. The number of rotatable bonds is 3. The number of hydrogen-bond acceptors (Lipinski definition) is 1. The molecule has 0 aromatic heterocycles. The van der Waals surface area contributed by atoms with Gasteiger partial charge in [0.05, 0.1) is 6.61 Å². The van der Waals surface area contributed by atoms with Crippen LogP contribution in [0.25, 0.3) is 0 Å². The maximum absolute atomic E-state index is 10.1. The first kappa shape index (κ1) is 7.03. The molecule has 1 heterocycles. The van der Waals surface area contributed by atoms with E-state index in [-0.39, 0.29) is 6.61 Å². The van der Waals surface area contributed by atoms with E-state index in [1.807, 2.05) is 0 Å². The lowest BCUT2D eigenvalue weighted by Crippen LogP contribution is -2.21. The Labute approximate surface area is 56.3 Å². The summed E-state index contributed by atoms with van der Waals surface area (Å²) in [4.78, 5) is 0. The molecule has 1 unspecified atom stereocenters. The minimum Gasteiger partial charge on any atom is -0.314 e. The Hall–Kier alpha value is -0.0800. The minimum absolute atomic E-state index is 0.0954. The van der Waals surface area contributed by atoms with Gasteiger partial charge < -0.3 is 5.32 Å². The Morgan fingerprint density at radius 1 is 1.56 bits per heavy atom. The molecule has 2 heteroatoms. The topological polar surface area (TPSA) is 31.9 Å². The Balaban J connectivity index is 1.98. The molecule has 0 aromatic rings. The first-order chi connectivity index (χ1) is 4.43. The van der Waals surface area contributed by atoms with Gasteiger partial charge in [-0.3, -0.25) is 0 Å². The summed E-state index contributed by atoms with van der Waals surface area (Å²) in [5, 5.41) is 13.4. The molecule has 53 valence electrons. The lowest BCUT2D eigenvalue weighted by atomic mass is 10.1. The average molecular weight is 128 g/mol. The van der Waals surface area contributed by atoms with Crippen molar-refractivity contribution >= 4 is 0 Å². The van der Waals surface area contributed by atoms with E-state index in [1.54, 1.807) is 0 Å². The summed E-state index contributed by atoms with van der Waals surface area (Å²) in [5.74, 6) is 0. The molecular formula is C7H14NO. The first-order valence-corrected chi connectivity index (χ1v) is 3.75. The zero-order valence-corrected chi connectivity index (χ0v) is 5.73. The molecule has 9 heavy (non-hydrogen) atoms. The largest absolute Gasteiger partial charge is 0.314 e. The zero-order chi connectivity index (χ0) is 6.53. The summed E-state index contributed by atoms with van der Waals surface area (Å²) in [5.41, 5.74) is 0. The van der Waals surface area contributed by atoms with E-state index >= 15 is 0 Å². The Bertz CT molecular complexity index is 69.3. The summed E-state index contributed by atoms with van der Waals surface area (Å²) in [6.07, 6.45) is 4.50. The highest BCUT2D eigenvalue weighted by Crippen LogP contribution is 2.09. The van der Waals surface area contributed by atoms with Gasteiger partial charge >= 0.3 is 0 Å². The van der Waals surface area contributed by atoms with Crippen LogP contribution in [-0.4, -0.2) is 19.2 Å². The summed E-state index contributed by atoms with van der Waals surface area (Å²) < 4.78 is 0. The fourth-order valence-corrected chi connectivity index (χ4v) is 1.33. The quantitative estimate of drug-likeness (QED) is 0.603. The van der Waals surface area contributed by atoms with Crippen LogP contribution >= 0.6 is 0 Å². The standard InChI is InChI=1S/C7H14NO/c9-6-2-4-7-3-1-5-8-7/h7-8H,1-6H2. The molecular weight excluding hydrogens is 114 g/mol. The van der Waals surface area contributed by atoms with Crippen molar-refractivity contribution in [2.45, 2.75) is 31.7 Å². The van der Waals surface area contributed by atoms with Crippen molar-refractivity contribution in [1.82, 2.24) is 5.32 Å². The van der Waals surface area contributed by atoms with Crippen molar-refractivity contribution in [3.8, 4) is 0 Å². The molecule has 1 radical (unpaired) electrons. The molecule has 0 bridgehead atoms. The van der Waals surface area contributed by atoms with Gasteiger partial charge in [0.15, 0.2) is 0 Å². The van der Waals surface area contributed by atoms with E-state index in [2.05, 4.69) is 5.32 Å². The third kappa shape index (κ3) is 2.33. The van der Waals surface area contributed by atoms with E-state index in [9.17, 15) is 5.11 Å². The maximum Gasteiger partial charge on any atom is 0.0822 e. The van der Waals surface area contributed by atoms with Gasteiger partial charge in [-0.2, -0.15) is 0 Å². The van der Waals surface area contributed by atoms with E-state index in [0.29, 0.717) is 6.04 Å². The first-order valence-electron chi connectivity index (χ1n) is 3.75. The van der Waals surface area contributed by atoms with Crippen LogP contribution in [0.15, 0.2) is 0 Å². The smallest absolute Gasteiger partial charge is 0.0822 e. The van der Waals surface area contributed by atoms with Crippen molar-refractivity contribution in [2.75, 3.05) is 13.2 Å². The number of nitrogens with one attached hydrogen (secondary N) is 1. The van der Waals surface area contributed by atoms with E-state index < -0.39 is 0 Å². The molecule has 1 aliphatic heterocycles. The average Bonchev–Trinajstić information content (AvgIpc) is 2.34. The second kappa shape index (κ2) is 3.85. The van der Waals surface area contributed by atoms with E-state index in [1.165, 1.54) is 12.8 Å². The lowest BCUT2D eigenvalue weighted by Gasteiger charge is -2.06. The normalized spacial score (nSPS) is 27.0. The molecule has 1 aliphatic rings. The van der Waals surface area contributed by atoms with Crippen molar-refractivity contribution < 1.29 is 5.11 Å². The van der Waals surface area contributed by atoms with Gasteiger partial charge in [-0.25, -0.2) is 5.11 Å². The summed E-state index contributed by atoms with van der Waals surface area (Å²) >= 11 is 0. The van der Waals surface area contributed by atoms with Crippen molar-refractivity contribution in [3.63, 3.8) is 0 Å². The van der Waals surface area contributed by atoms with Gasteiger partial charge in [-0.05, 0) is 32.2 Å². The predicted molar refractivity (Wildman–Crippen MR) is 35.8 cm³/mol. The molecule has 1 N–H and O–H groups in total. The summed E-state index contributed by atoms with van der Waals surface area (Å²) in [7, 11) is 0. The van der Waals surface area contributed by atoms with Crippen LogP contribution in [0.5, 0.6) is 0 Å². The summed E-state index contributed by atoms with van der Waals surface area (Å²) in [6, 6.07) is 0.666. The number of hydrogen-bond donors (Lipinski definition) is 1. The fourth-order valence-electron chi connectivity index (χ4n) is 1.33. The third-order valence-electron chi connectivity index (χ3n) is 1.86. The summed E-state index contributed by atoms with van der Waals surface area (Å²) in [6.45, 7) is 1.25. The van der Waals surface area contributed by atoms with Crippen LogP contribution in [0.2, 0.25) is 0 Å². The third-order valence-corrected chi connectivity index (χ3v) is 1.86. The molecule has 0 saturated carbocycles. The van der Waals surface area contributed by atoms with Crippen LogP contribution in [0.1, 0.15) is 25.7 Å². The molecule has 0 spiro atoms. The van der Waals surface area contributed by atoms with Gasteiger partial charge in [0.25, 0.3) is 0 Å². The molecule has 1 rings (SSSR count). The molecule has 2 nitrogen and oxygen atoms in total. The van der Waals surface area contributed by atoms with Crippen molar-refractivity contribution in [1.29, 1.82) is 0 Å². The molecule has 1 atom stereocenters. The zero-order valence-electron chi connectivity index (χ0n) is 5.73.